The summed E-state index contributed by atoms with van der Waals surface area (Å²) >= 11 is 0. The van der Waals surface area contributed by atoms with Gasteiger partial charge in [0.25, 0.3) is 5.56 Å². The number of phenols is 1. The Morgan fingerprint density at radius 2 is 1.50 bits per heavy atom. The minimum Gasteiger partial charge on any atom is -0.506 e. The van der Waals surface area contributed by atoms with Gasteiger partial charge >= 0.3 is 0 Å². The molecule has 0 bridgehead atoms. The number of rotatable bonds is 3. The Morgan fingerprint density at radius 1 is 0.808 bits per heavy atom. The van der Waals surface area contributed by atoms with Crippen molar-refractivity contribution in [1.82, 2.24) is 9.55 Å². The molecule has 0 unspecified atom stereocenters. The van der Waals surface area contributed by atoms with Crippen molar-refractivity contribution in [3.05, 3.63) is 101 Å². The molecule has 0 radical (unpaired) electrons. The van der Waals surface area contributed by atoms with Crippen LogP contribution < -0.4 is 5.56 Å². The Labute approximate surface area is 150 Å². The minimum atomic E-state index is -0.218. The first kappa shape index (κ1) is 15.8. The Hall–Kier alpha value is -3.66. The van der Waals surface area contributed by atoms with Gasteiger partial charge in [-0.05, 0) is 35.9 Å². The monoisotopic (exact) mass is 340 g/mol. The molecule has 4 heteroatoms. The third-order valence-electron chi connectivity index (χ3n) is 4.14. The van der Waals surface area contributed by atoms with E-state index in [9.17, 15) is 9.90 Å². The lowest BCUT2D eigenvalue weighted by Crippen LogP contribution is -2.22. The van der Waals surface area contributed by atoms with Gasteiger partial charge < -0.3 is 5.11 Å². The second kappa shape index (κ2) is 6.69. The second-order valence-corrected chi connectivity index (χ2v) is 5.86. The Bertz CT molecular complexity index is 1150. The molecule has 1 N–H and O–H groups in total. The van der Waals surface area contributed by atoms with Gasteiger partial charge in [-0.2, -0.15) is 0 Å². The molecule has 0 aliphatic carbocycles. The summed E-state index contributed by atoms with van der Waals surface area (Å²) in [4.78, 5) is 17.6. The lowest BCUT2D eigenvalue weighted by Gasteiger charge is -2.11. The highest BCUT2D eigenvalue weighted by atomic mass is 16.3. The number of fused-ring (bicyclic) bond motifs is 1. The molecule has 0 aliphatic rings. The summed E-state index contributed by atoms with van der Waals surface area (Å²) in [7, 11) is 0. The van der Waals surface area contributed by atoms with Crippen molar-refractivity contribution in [3.8, 4) is 11.4 Å². The van der Waals surface area contributed by atoms with Crippen LogP contribution in [-0.4, -0.2) is 14.7 Å². The summed E-state index contributed by atoms with van der Waals surface area (Å²) in [5, 5.41) is 10.5. The van der Waals surface area contributed by atoms with Crippen LogP contribution in [0.4, 0.5) is 0 Å². The van der Waals surface area contributed by atoms with E-state index in [0.717, 1.165) is 11.3 Å². The van der Waals surface area contributed by atoms with Crippen molar-refractivity contribution in [2.24, 2.45) is 0 Å². The highest BCUT2D eigenvalue weighted by Gasteiger charge is 2.13. The number of para-hydroxylation sites is 2. The molecule has 4 rings (SSSR count). The van der Waals surface area contributed by atoms with Crippen LogP contribution in [0.3, 0.4) is 0 Å². The number of nitrogens with zero attached hydrogens (tertiary/aromatic N) is 2. The number of benzene rings is 3. The summed E-state index contributed by atoms with van der Waals surface area (Å²) in [5.41, 5.74) is 1.81. The molecule has 0 aliphatic heterocycles. The zero-order valence-corrected chi connectivity index (χ0v) is 13.9. The van der Waals surface area contributed by atoms with Crippen LogP contribution in [0.15, 0.2) is 83.7 Å². The quantitative estimate of drug-likeness (QED) is 0.606. The van der Waals surface area contributed by atoms with Crippen LogP contribution in [0.1, 0.15) is 11.4 Å². The Balaban J connectivity index is 1.99. The number of hydrogen-bond donors (Lipinski definition) is 1. The fourth-order valence-electron chi connectivity index (χ4n) is 2.88. The minimum absolute atomic E-state index is 0.00540. The summed E-state index contributed by atoms with van der Waals surface area (Å²) in [5.74, 6) is 0.452. The normalized spacial score (nSPS) is 11.2. The molecule has 1 aromatic heterocycles. The molecule has 0 saturated heterocycles. The van der Waals surface area contributed by atoms with E-state index < -0.39 is 0 Å². The van der Waals surface area contributed by atoms with Crippen molar-refractivity contribution in [3.63, 3.8) is 0 Å². The third kappa shape index (κ3) is 2.89. The summed E-state index contributed by atoms with van der Waals surface area (Å²) < 4.78 is 1.56. The number of aromatic hydroxyl groups is 1. The lowest BCUT2D eigenvalue weighted by atomic mass is 10.2. The molecule has 126 valence electrons. The molecule has 4 nitrogen and oxygen atoms in total. The molecule has 4 aromatic rings. The van der Waals surface area contributed by atoms with Gasteiger partial charge in [-0.25, -0.2) is 4.98 Å². The van der Waals surface area contributed by atoms with Crippen molar-refractivity contribution in [1.29, 1.82) is 0 Å². The topological polar surface area (TPSA) is 55.1 Å². The smallest absolute Gasteiger partial charge is 0.266 e. The van der Waals surface area contributed by atoms with Crippen LogP contribution >= 0.6 is 0 Å². The molecule has 26 heavy (non-hydrogen) atoms. The Morgan fingerprint density at radius 3 is 2.23 bits per heavy atom. The van der Waals surface area contributed by atoms with E-state index in [-0.39, 0.29) is 11.3 Å². The fourth-order valence-corrected chi connectivity index (χ4v) is 2.88. The van der Waals surface area contributed by atoms with Crippen LogP contribution in [-0.2, 0) is 0 Å². The van der Waals surface area contributed by atoms with E-state index in [1.165, 1.54) is 6.07 Å². The first-order valence-corrected chi connectivity index (χ1v) is 8.27. The average Bonchev–Trinajstić information content (AvgIpc) is 2.69. The molecule has 0 saturated carbocycles. The zero-order chi connectivity index (χ0) is 17.9. The maximum absolute atomic E-state index is 13.1. The molecule has 1 heterocycles. The van der Waals surface area contributed by atoms with Gasteiger partial charge in [0, 0.05) is 0 Å². The van der Waals surface area contributed by atoms with Gasteiger partial charge in [-0.15, -0.1) is 0 Å². The summed E-state index contributed by atoms with van der Waals surface area (Å²) in [6.07, 6.45) is 3.68. The van der Waals surface area contributed by atoms with Crippen LogP contribution in [0.25, 0.3) is 28.7 Å². The standard InChI is InChI=1S/C22H16N2O2/c25-19-13-7-12-18-21(19)23-20(15-14-16-8-3-1-4-9-16)24(22(18)26)17-10-5-2-6-11-17/h1-15,25H/b15-14+. The van der Waals surface area contributed by atoms with E-state index in [4.69, 9.17) is 0 Å². The van der Waals surface area contributed by atoms with Crippen LogP contribution in [0.2, 0.25) is 0 Å². The van der Waals surface area contributed by atoms with Crippen molar-refractivity contribution in [2.75, 3.05) is 0 Å². The van der Waals surface area contributed by atoms with Crippen LogP contribution in [0, 0.1) is 0 Å². The first-order valence-electron chi connectivity index (χ1n) is 8.27. The zero-order valence-electron chi connectivity index (χ0n) is 13.9. The van der Waals surface area contributed by atoms with E-state index in [2.05, 4.69) is 4.98 Å². The van der Waals surface area contributed by atoms with Gasteiger partial charge in [0.2, 0.25) is 0 Å². The molecule has 3 aromatic carbocycles. The first-order chi connectivity index (χ1) is 12.7. The number of aromatic nitrogens is 2. The SMILES string of the molecule is O=c1c2cccc(O)c2nc(/C=C/c2ccccc2)n1-c1ccccc1. The predicted molar refractivity (Wildman–Crippen MR) is 104 cm³/mol. The van der Waals surface area contributed by atoms with Crippen LogP contribution in [0.5, 0.6) is 5.75 Å². The van der Waals surface area contributed by atoms with E-state index in [1.807, 2.05) is 66.7 Å². The number of phenolic OH excluding ortho intramolecular Hbond substituents is 1. The molecule has 0 amide bonds. The van der Waals surface area contributed by atoms with E-state index in [1.54, 1.807) is 22.8 Å². The molecule has 0 atom stereocenters. The van der Waals surface area contributed by atoms with Gasteiger partial charge in [-0.3, -0.25) is 9.36 Å². The van der Waals surface area contributed by atoms with E-state index in [0.29, 0.717) is 16.7 Å². The van der Waals surface area contributed by atoms with Gasteiger partial charge in [0.05, 0.1) is 11.1 Å². The van der Waals surface area contributed by atoms with Gasteiger partial charge in [0.1, 0.15) is 17.1 Å². The maximum atomic E-state index is 13.1. The van der Waals surface area contributed by atoms with Crippen molar-refractivity contribution < 1.29 is 5.11 Å². The molecule has 0 fully saturated rings. The molecular formula is C22H16N2O2. The summed E-state index contributed by atoms with van der Waals surface area (Å²) in [6, 6.07) is 24.0. The average molecular weight is 340 g/mol. The largest absolute Gasteiger partial charge is 0.506 e. The summed E-state index contributed by atoms with van der Waals surface area (Å²) in [6.45, 7) is 0. The van der Waals surface area contributed by atoms with Crippen molar-refractivity contribution >= 4 is 23.1 Å². The fraction of sp³-hybridized carbons (Fsp3) is 0. The second-order valence-electron chi connectivity index (χ2n) is 5.86. The maximum Gasteiger partial charge on any atom is 0.266 e. The number of hydrogen-bond acceptors (Lipinski definition) is 3. The van der Waals surface area contributed by atoms with Gasteiger partial charge in [-0.1, -0.05) is 60.7 Å². The lowest BCUT2D eigenvalue weighted by molar-refractivity contribution is 0.480. The predicted octanol–water partition coefficient (Wildman–Crippen LogP) is 4.26. The molecule has 0 spiro atoms. The van der Waals surface area contributed by atoms with E-state index >= 15 is 0 Å². The highest BCUT2D eigenvalue weighted by molar-refractivity contribution is 5.85. The highest BCUT2D eigenvalue weighted by Crippen LogP contribution is 2.22. The van der Waals surface area contributed by atoms with Gasteiger partial charge in [0.15, 0.2) is 0 Å². The third-order valence-corrected chi connectivity index (χ3v) is 4.14. The van der Waals surface area contributed by atoms with Crippen molar-refractivity contribution in [2.45, 2.75) is 0 Å². The Kier molecular flexibility index (Phi) is 4.07. The molecular weight excluding hydrogens is 324 g/mol.